The smallest absolute Gasteiger partial charge is 0.183 e. The van der Waals surface area contributed by atoms with Gasteiger partial charge in [-0.05, 0) is 32.5 Å². The Morgan fingerprint density at radius 1 is 0.923 bits per heavy atom. The average molecular weight is 223 g/mol. The van der Waals surface area contributed by atoms with Crippen molar-refractivity contribution in [1.29, 1.82) is 0 Å². The maximum absolute atomic E-state index is 5.75. The fourth-order valence-corrected chi connectivity index (χ4v) is 2.05. The van der Waals surface area contributed by atoms with E-state index in [0.29, 0.717) is 0 Å². The number of unbranched alkanes of at least 4 members (excludes halogenated alkanes) is 4. The standard InChI is InChI=1S/C10H23ClOSi/c1-13(2,3)12-10-8-6-4-5-7-9-11/h4-10H2,1-3H3. The van der Waals surface area contributed by atoms with E-state index in [-0.39, 0.29) is 0 Å². The van der Waals surface area contributed by atoms with Crippen LogP contribution in [0.2, 0.25) is 19.6 Å². The van der Waals surface area contributed by atoms with Crippen LogP contribution in [0.15, 0.2) is 0 Å². The van der Waals surface area contributed by atoms with Crippen molar-refractivity contribution < 1.29 is 4.43 Å². The van der Waals surface area contributed by atoms with E-state index in [0.717, 1.165) is 18.9 Å². The van der Waals surface area contributed by atoms with Crippen LogP contribution in [-0.2, 0) is 4.43 Å². The lowest BCUT2D eigenvalue weighted by molar-refractivity contribution is 0.298. The minimum Gasteiger partial charge on any atom is -0.418 e. The van der Waals surface area contributed by atoms with E-state index in [1.807, 2.05) is 0 Å². The summed E-state index contributed by atoms with van der Waals surface area (Å²) in [5, 5.41) is 0. The molecule has 0 amide bonds. The van der Waals surface area contributed by atoms with E-state index >= 15 is 0 Å². The van der Waals surface area contributed by atoms with Crippen molar-refractivity contribution in [1.82, 2.24) is 0 Å². The number of halogens is 1. The van der Waals surface area contributed by atoms with Crippen molar-refractivity contribution in [3.8, 4) is 0 Å². The van der Waals surface area contributed by atoms with Crippen molar-refractivity contribution in [2.45, 2.75) is 51.7 Å². The lowest BCUT2D eigenvalue weighted by Gasteiger charge is -2.16. The van der Waals surface area contributed by atoms with Gasteiger partial charge < -0.3 is 4.43 Å². The molecule has 0 aromatic heterocycles. The van der Waals surface area contributed by atoms with Crippen molar-refractivity contribution in [3.05, 3.63) is 0 Å². The van der Waals surface area contributed by atoms with Crippen molar-refractivity contribution in [3.63, 3.8) is 0 Å². The second-order valence-electron chi connectivity index (χ2n) is 4.42. The Balaban J connectivity index is 3.00. The molecule has 0 aliphatic carbocycles. The average Bonchev–Trinajstić information content (AvgIpc) is 2.01. The summed E-state index contributed by atoms with van der Waals surface area (Å²) in [5.74, 6) is 0.811. The molecule has 13 heavy (non-hydrogen) atoms. The third kappa shape index (κ3) is 12.5. The lowest BCUT2D eigenvalue weighted by atomic mass is 10.2. The van der Waals surface area contributed by atoms with Crippen LogP contribution in [-0.4, -0.2) is 20.8 Å². The van der Waals surface area contributed by atoms with Crippen molar-refractivity contribution in [2.75, 3.05) is 12.5 Å². The zero-order valence-corrected chi connectivity index (χ0v) is 11.0. The highest BCUT2D eigenvalue weighted by Crippen LogP contribution is 2.07. The van der Waals surface area contributed by atoms with Crippen LogP contribution in [0, 0.1) is 0 Å². The number of rotatable bonds is 8. The molecule has 0 saturated carbocycles. The Labute approximate surface area is 88.9 Å². The van der Waals surface area contributed by atoms with Gasteiger partial charge in [-0.1, -0.05) is 19.3 Å². The maximum atomic E-state index is 5.75. The first-order valence-corrected chi connectivity index (χ1v) is 9.20. The second kappa shape index (κ2) is 7.83. The molecule has 0 aliphatic heterocycles. The molecule has 0 fully saturated rings. The third-order valence-electron chi connectivity index (χ3n) is 1.81. The summed E-state index contributed by atoms with van der Waals surface area (Å²) < 4.78 is 5.75. The first-order chi connectivity index (χ1) is 6.06. The highest BCUT2D eigenvalue weighted by Gasteiger charge is 2.12. The summed E-state index contributed by atoms with van der Waals surface area (Å²) in [6.07, 6.45) is 6.25. The minimum absolute atomic E-state index is 0.811. The van der Waals surface area contributed by atoms with Crippen molar-refractivity contribution >= 4 is 19.9 Å². The topological polar surface area (TPSA) is 9.23 Å². The Morgan fingerprint density at radius 3 is 2.00 bits per heavy atom. The summed E-state index contributed by atoms with van der Waals surface area (Å²) >= 11 is 5.58. The van der Waals surface area contributed by atoms with Gasteiger partial charge >= 0.3 is 0 Å². The molecule has 0 saturated heterocycles. The summed E-state index contributed by atoms with van der Waals surface area (Å²) in [6.45, 7) is 7.66. The summed E-state index contributed by atoms with van der Waals surface area (Å²) in [5.41, 5.74) is 0. The van der Waals surface area contributed by atoms with E-state index in [1.165, 1.54) is 25.7 Å². The molecule has 0 aliphatic rings. The van der Waals surface area contributed by atoms with Gasteiger partial charge in [0, 0.05) is 12.5 Å². The van der Waals surface area contributed by atoms with E-state index in [9.17, 15) is 0 Å². The van der Waals surface area contributed by atoms with Gasteiger partial charge in [0.15, 0.2) is 8.32 Å². The minimum atomic E-state index is -1.25. The van der Waals surface area contributed by atoms with Gasteiger partial charge in [-0.2, -0.15) is 0 Å². The first-order valence-electron chi connectivity index (χ1n) is 5.26. The quantitative estimate of drug-likeness (QED) is 0.342. The zero-order chi connectivity index (χ0) is 10.2. The molecular weight excluding hydrogens is 200 g/mol. The molecule has 3 heteroatoms. The van der Waals surface area contributed by atoms with E-state index < -0.39 is 8.32 Å². The van der Waals surface area contributed by atoms with Gasteiger partial charge in [0.25, 0.3) is 0 Å². The molecule has 0 rings (SSSR count). The summed E-state index contributed by atoms with van der Waals surface area (Å²) in [4.78, 5) is 0. The SMILES string of the molecule is C[Si](C)(C)OCCCCCCCCl. The van der Waals surface area contributed by atoms with Gasteiger partial charge in [-0.15, -0.1) is 11.6 Å². The molecule has 0 spiro atoms. The summed E-state index contributed by atoms with van der Waals surface area (Å²) in [6, 6.07) is 0. The molecule has 1 nitrogen and oxygen atoms in total. The third-order valence-corrected chi connectivity index (χ3v) is 3.15. The normalized spacial score (nSPS) is 12.0. The van der Waals surface area contributed by atoms with E-state index in [2.05, 4.69) is 19.6 Å². The fourth-order valence-electron chi connectivity index (χ4n) is 1.11. The molecule has 0 N–H and O–H groups in total. The van der Waals surface area contributed by atoms with Gasteiger partial charge in [0.05, 0.1) is 0 Å². The number of hydrogen-bond donors (Lipinski definition) is 0. The fraction of sp³-hybridized carbons (Fsp3) is 1.00. The van der Waals surface area contributed by atoms with E-state index in [4.69, 9.17) is 16.0 Å². The lowest BCUT2D eigenvalue weighted by Crippen LogP contribution is -2.25. The van der Waals surface area contributed by atoms with Crippen LogP contribution in [0.5, 0.6) is 0 Å². The van der Waals surface area contributed by atoms with Crippen molar-refractivity contribution in [2.24, 2.45) is 0 Å². The largest absolute Gasteiger partial charge is 0.418 e. The van der Waals surface area contributed by atoms with Gasteiger partial charge in [-0.25, -0.2) is 0 Å². The summed E-state index contributed by atoms with van der Waals surface area (Å²) in [7, 11) is -1.25. The molecule has 80 valence electrons. The second-order valence-corrected chi connectivity index (χ2v) is 9.31. The molecular formula is C10H23ClOSi. The molecule has 0 atom stereocenters. The van der Waals surface area contributed by atoms with Crippen LogP contribution in [0.3, 0.4) is 0 Å². The Hall–Kier alpha value is 0.467. The number of hydrogen-bond acceptors (Lipinski definition) is 1. The van der Waals surface area contributed by atoms with Gasteiger partial charge in [0.1, 0.15) is 0 Å². The predicted molar refractivity (Wildman–Crippen MR) is 63.1 cm³/mol. The predicted octanol–water partition coefficient (Wildman–Crippen LogP) is 4.03. The maximum Gasteiger partial charge on any atom is 0.183 e. The monoisotopic (exact) mass is 222 g/mol. The molecule has 0 heterocycles. The Morgan fingerprint density at radius 2 is 1.46 bits per heavy atom. The molecule has 0 aromatic carbocycles. The zero-order valence-electron chi connectivity index (χ0n) is 9.24. The molecule has 0 radical (unpaired) electrons. The highest BCUT2D eigenvalue weighted by atomic mass is 35.5. The van der Waals surface area contributed by atoms with Gasteiger partial charge in [0.2, 0.25) is 0 Å². The van der Waals surface area contributed by atoms with Gasteiger partial charge in [-0.3, -0.25) is 0 Å². The Bertz CT molecular complexity index is 112. The van der Waals surface area contributed by atoms with Crippen LogP contribution < -0.4 is 0 Å². The van der Waals surface area contributed by atoms with Crippen LogP contribution in [0.1, 0.15) is 32.1 Å². The van der Waals surface area contributed by atoms with Crippen LogP contribution >= 0.6 is 11.6 Å². The van der Waals surface area contributed by atoms with E-state index in [1.54, 1.807) is 0 Å². The van der Waals surface area contributed by atoms with Crippen LogP contribution in [0.25, 0.3) is 0 Å². The Kier molecular flexibility index (Phi) is 8.11. The molecule has 0 unspecified atom stereocenters. The van der Waals surface area contributed by atoms with Crippen LogP contribution in [0.4, 0.5) is 0 Å². The molecule has 0 bridgehead atoms. The molecule has 0 aromatic rings. The highest BCUT2D eigenvalue weighted by molar-refractivity contribution is 6.69. The first kappa shape index (κ1) is 13.5. The number of alkyl halides is 1.